The van der Waals surface area contributed by atoms with Gasteiger partial charge < -0.3 is 24.3 Å². The van der Waals surface area contributed by atoms with Crippen LogP contribution in [0.5, 0.6) is 11.5 Å². The smallest absolute Gasteiger partial charge is 0.339 e. The van der Waals surface area contributed by atoms with Gasteiger partial charge in [-0.25, -0.2) is 4.79 Å². The number of fused-ring (bicyclic) bond motifs is 1. The topological polar surface area (TPSA) is 98.0 Å². The Labute approximate surface area is 144 Å². The normalized spacial score (nSPS) is 15.8. The van der Waals surface area contributed by atoms with E-state index in [2.05, 4.69) is 5.32 Å². The van der Waals surface area contributed by atoms with Gasteiger partial charge in [0.15, 0.2) is 0 Å². The van der Waals surface area contributed by atoms with Gasteiger partial charge in [-0.15, -0.1) is 0 Å². The summed E-state index contributed by atoms with van der Waals surface area (Å²) in [5.41, 5.74) is 1.06. The molecule has 0 aliphatic carbocycles. The van der Waals surface area contributed by atoms with E-state index >= 15 is 0 Å². The molecular formula is C18H19NO6. The van der Waals surface area contributed by atoms with E-state index < -0.39 is 5.97 Å². The van der Waals surface area contributed by atoms with E-state index in [4.69, 9.17) is 19.0 Å². The number of carboxylic acids is 1. The highest BCUT2D eigenvalue weighted by Crippen LogP contribution is 2.31. The molecule has 2 heterocycles. The molecule has 2 N–H and O–H groups in total. The van der Waals surface area contributed by atoms with Crippen molar-refractivity contribution in [2.45, 2.75) is 19.9 Å². The first-order valence-corrected chi connectivity index (χ1v) is 7.88. The molecule has 7 nitrogen and oxygen atoms in total. The molecule has 7 heteroatoms. The lowest BCUT2D eigenvalue weighted by molar-refractivity contribution is -0.126. The molecular weight excluding hydrogens is 326 g/mol. The predicted octanol–water partition coefficient (Wildman–Crippen LogP) is 2.16. The highest BCUT2D eigenvalue weighted by molar-refractivity contribution is 5.88. The molecule has 0 saturated heterocycles. The Kier molecular flexibility index (Phi) is 4.65. The minimum Gasteiger partial charge on any atom is -0.497 e. The van der Waals surface area contributed by atoms with Crippen molar-refractivity contribution in [3.05, 3.63) is 46.9 Å². The van der Waals surface area contributed by atoms with Crippen molar-refractivity contribution in [3.63, 3.8) is 0 Å². The van der Waals surface area contributed by atoms with Gasteiger partial charge in [0.1, 0.15) is 35.2 Å². The SMILES string of the molecule is COc1ccc2c(c1)OCC(C(=O)NCc1cc(C(=O)O)c(C)o1)C2. The van der Waals surface area contributed by atoms with Gasteiger partial charge >= 0.3 is 5.97 Å². The van der Waals surface area contributed by atoms with Gasteiger partial charge in [0, 0.05) is 6.07 Å². The van der Waals surface area contributed by atoms with E-state index in [1.807, 2.05) is 18.2 Å². The maximum Gasteiger partial charge on any atom is 0.339 e. The molecule has 0 bridgehead atoms. The molecule has 1 aromatic carbocycles. The number of nitrogens with one attached hydrogen (secondary N) is 1. The molecule has 132 valence electrons. The van der Waals surface area contributed by atoms with E-state index in [1.54, 1.807) is 14.0 Å². The van der Waals surface area contributed by atoms with E-state index in [1.165, 1.54) is 6.07 Å². The van der Waals surface area contributed by atoms with Gasteiger partial charge in [0.25, 0.3) is 0 Å². The van der Waals surface area contributed by atoms with Crippen LogP contribution in [0.4, 0.5) is 0 Å². The number of methoxy groups -OCH3 is 1. The number of amides is 1. The maximum atomic E-state index is 12.4. The minimum atomic E-state index is -1.05. The van der Waals surface area contributed by atoms with Crippen molar-refractivity contribution < 1.29 is 28.6 Å². The van der Waals surface area contributed by atoms with E-state index in [0.717, 1.165) is 11.3 Å². The van der Waals surface area contributed by atoms with Crippen LogP contribution in [0.2, 0.25) is 0 Å². The molecule has 1 aliphatic rings. The fourth-order valence-corrected chi connectivity index (χ4v) is 2.81. The summed E-state index contributed by atoms with van der Waals surface area (Å²) in [7, 11) is 1.59. The summed E-state index contributed by atoms with van der Waals surface area (Å²) in [6.07, 6.45) is 0.572. The van der Waals surface area contributed by atoms with Crippen LogP contribution in [0.1, 0.15) is 27.4 Å². The summed E-state index contributed by atoms with van der Waals surface area (Å²) < 4.78 is 16.2. The van der Waals surface area contributed by atoms with E-state index in [0.29, 0.717) is 23.7 Å². The average Bonchev–Trinajstić information content (AvgIpc) is 2.99. The molecule has 25 heavy (non-hydrogen) atoms. The molecule has 1 atom stereocenters. The highest BCUT2D eigenvalue weighted by atomic mass is 16.5. The number of benzene rings is 1. The van der Waals surface area contributed by atoms with Crippen molar-refractivity contribution in [3.8, 4) is 11.5 Å². The van der Waals surface area contributed by atoms with Crippen LogP contribution in [0, 0.1) is 12.8 Å². The van der Waals surface area contributed by atoms with E-state index in [9.17, 15) is 9.59 Å². The minimum absolute atomic E-state index is 0.105. The number of hydrogen-bond acceptors (Lipinski definition) is 5. The number of hydrogen-bond donors (Lipinski definition) is 2. The molecule has 1 aromatic heterocycles. The Morgan fingerprint density at radius 2 is 2.16 bits per heavy atom. The van der Waals surface area contributed by atoms with E-state index in [-0.39, 0.29) is 30.5 Å². The van der Waals surface area contributed by atoms with Crippen LogP contribution in [0.25, 0.3) is 0 Å². The zero-order chi connectivity index (χ0) is 18.0. The zero-order valence-corrected chi connectivity index (χ0v) is 14.0. The van der Waals surface area contributed by atoms with Gasteiger partial charge in [-0.05, 0) is 31.0 Å². The fraction of sp³-hybridized carbons (Fsp3) is 0.333. The van der Waals surface area contributed by atoms with Crippen LogP contribution >= 0.6 is 0 Å². The molecule has 0 spiro atoms. The molecule has 3 rings (SSSR count). The Morgan fingerprint density at radius 3 is 2.84 bits per heavy atom. The fourth-order valence-electron chi connectivity index (χ4n) is 2.81. The van der Waals surface area contributed by atoms with Crippen molar-refractivity contribution in [1.82, 2.24) is 5.32 Å². The molecule has 1 amide bonds. The summed E-state index contributed by atoms with van der Waals surface area (Å²) in [5.74, 6) is 0.654. The average molecular weight is 345 g/mol. The van der Waals surface area contributed by atoms with Gasteiger partial charge in [-0.2, -0.15) is 0 Å². The summed E-state index contributed by atoms with van der Waals surface area (Å²) in [6.45, 7) is 2.00. The number of carbonyl (C=O) groups is 2. The number of carbonyl (C=O) groups excluding carboxylic acids is 1. The highest BCUT2D eigenvalue weighted by Gasteiger charge is 2.26. The molecule has 1 unspecified atom stereocenters. The second kappa shape index (κ2) is 6.88. The quantitative estimate of drug-likeness (QED) is 0.862. The molecule has 0 saturated carbocycles. The van der Waals surface area contributed by atoms with Gasteiger partial charge in [0.05, 0.1) is 19.6 Å². The molecule has 1 aliphatic heterocycles. The number of carboxylic acid groups (broad SMARTS) is 1. The summed E-state index contributed by atoms with van der Waals surface area (Å²) in [5, 5.41) is 11.8. The summed E-state index contributed by atoms with van der Waals surface area (Å²) in [4.78, 5) is 23.4. The lowest BCUT2D eigenvalue weighted by atomic mass is 9.96. The summed E-state index contributed by atoms with van der Waals surface area (Å²) in [6, 6.07) is 6.96. The third kappa shape index (κ3) is 3.60. The van der Waals surface area contributed by atoms with Gasteiger partial charge in [-0.3, -0.25) is 4.79 Å². The monoisotopic (exact) mass is 345 g/mol. The van der Waals surface area contributed by atoms with Gasteiger partial charge in [-0.1, -0.05) is 6.07 Å². The maximum absolute atomic E-state index is 12.4. The van der Waals surface area contributed by atoms with Crippen molar-refractivity contribution >= 4 is 11.9 Å². The Hall–Kier alpha value is -2.96. The Bertz CT molecular complexity index is 810. The lowest BCUT2D eigenvalue weighted by Crippen LogP contribution is -2.37. The number of ether oxygens (including phenoxy) is 2. The number of furan rings is 1. The van der Waals surface area contributed by atoms with Crippen molar-refractivity contribution in [2.75, 3.05) is 13.7 Å². The van der Waals surface area contributed by atoms with Crippen molar-refractivity contribution in [2.24, 2.45) is 5.92 Å². The third-order valence-corrected chi connectivity index (χ3v) is 4.19. The standard InChI is InChI=1S/C18H19NO6/c1-10-15(18(21)22)6-14(25-10)8-19-17(20)12-5-11-3-4-13(23-2)7-16(11)24-9-12/h3-4,6-7,12H,5,8-9H2,1-2H3,(H,19,20)(H,21,22). The second-order valence-corrected chi connectivity index (χ2v) is 5.89. The second-order valence-electron chi connectivity index (χ2n) is 5.89. The molecule has 0 fully saturated rings. The lowest BCUT2D eigenvalue weighted by Gasteiger charge is -2.24. The van der Waals surface area contributed by atoms with Crippen LogP contribution in [0.15, 0.2) is 28.7 Å². The first kappa shape index (κ1) is 16.9. The van der Waals surface area contributed by atoms with Crippen LogP contribution in [0.3, 0.4) is 0 Å². The molecule has 0 radical (unpaired) electrons. The Balaban J connectivity index is 1.60. The van der Waals surface area contributed by atoms with Crippen LogP contribution in [-0.4, -0.2) is 30.7 Å². The Morgan fingerprint density at radius 1 is 1.36 bits per heavy atom. The number of aryl methyl sites for hydroxylation is 1. The number of aromatic carboxylic acids is 1. The molecule has 2 aromatic rings. The first-order valence-electron chi connectivity index (χ1n) is 7.88. The summed E-state index contributed by atoms with van der Waals surface area (Å²) >= 11 is 0. The largest absolute Gasteiger partial charge is 0.497 e. The zero-order valence-electron chi connectivity index (χ0n) is 14.0. The first-order chi connectivity index (χ1) is 12.0. The predicted molar refractivity (Wildman–Crippen MR) is 87.9 cm³/mol. The number of rotatable bonds is 5. The van der Waals surface area contributed by atoms with Crippen molar-refractivity contribution in [1.29, 1.82) is 0 Å². The third-order valence-electron chi connectivity index (χ3n) is 4.19. The van der Waals surface area contributed by atoms with Gasteiger partial charge in [0.2, 0.25) is 5.91 Å². The van der Waals surface area contributed by atoms with Crippen LogP contribution < -0.4 is 14.8 Å². The van der Waals surface area contributed by atoms with Crippen LogP contribution in [-0.2, 0) is 17.8 Å².